The van der Waals surface area contributed by atoms with Crippen LogP contribution < -0.4 is 10.9 Å². The Morgan fingerprint density at radius 1 is 1.46 bits per heavy atom. The molecule has 0 atom stereocenters. The molecule has 2 aromatic rings. The number of carbonyl (C=O) groups excluding carboxylic acids is 2. The average Bonchev–Trinajstić information content (AvgIpc) is 2.96. The highest BCUT2D eigenvalue weighted by Gasteiger charge is 2.16. The van der Waals surface area contributed by atoms with Gasteiger partial charge in [-0.3, -0.25) is 29.1 Å². The van der Waals surface area contributed by atoms with E-state index in [0.717, 1.165) is 28.2 Å². The monoisotopic (exact) mass is 380 g/mol. The van der Waals surface area contributed by atoms with Crippen LogP contribution in [0.25, 0.3) is 0 Å². The fourth-order valence-corrected chi connectivity index (χ4v) is 2.82. The van der Waals surface area contributed by atoms with Crippen molar-refractivity contribution >= 4 is 34.0 Å². The van der Waals surface area contributed by atoms with Crippen molar-refractivity contribution in [1.29, 1.82) is 0 Å². The molecule has 10 nitrogen and oxygen atoms in total. The van der Waals surface area contributed by atoms with E-state index < -0.39 is 28.9 Å². The van der Waals surface area contributed by atoms with E-state index in [2.05, 4.69) is 10.3 Å². The first-order valence-electron chi connectivity index (χ1n) is 7.55. The molecule has 0 bridgehead atoms. The van der Waals surface area contributed by atoms with Crippen molar-refractivity contribution in [2.24, 2.45) is 0 Å². The predicted molar refractivity (Wildman–Crippen MR) is 93.2 cm³/mol. The Kier molecular flexibility index (Phi) is 6.17. The van der Waals surface area contributed by atoms with Crippen LogP contribution in [0.4, 0.5) is 10.8 Å². The minimum Gasteiger partial charge on any atom is -0.466 e. The fourth-order valence-electron chi connectivity index (χ4n) is 2.09. The molecule has 0 aliphatic rings. The minimum atomic E-state index is -0.619. The van der Waals surface area contributed by atoms with Gasteiger partial charge < -0.3 is 10.1 Å². The van der Waals surface area contributed by atoms with E-state index in [1.807, 2.05) is 0 Å². The van der Waals surface area contributed by atoms with Crippen LogP contribution in [0.2, 0.25) is 0 Å². The largest absolute Gasteiger partial charge is 0.466 e. The number of aromatic nitrogens is 2. The number of anilines is 1. The van der Waals surface area contributed by atoms with Crippen molar-refractivity contribution in [3.63, 3.8) is 0 Å². The van der Waals surface area contributed by atoms with Gasteiger partial charge in [0.15, 0.2) is 5.13 Å². The van der Waals surface area contributed by atoms with E-state index in [1.165, 1.54) is 6.92 Å². The summed E-state index contributed by atoms with van der Waals surface area (Å²) in [6.07, 6.45) is 1.02. The second-order valence-electron chi connectivity index (χ2n) is 5.24. The summed E-state index contributed by atoms with van der Waals surface area (Å²) in [7, 11) is 0. The van der Waals surface area contributed by atoms with Gasteiger partial charge in [-0.15, -0.1) is 11.3 Å². The molecule has 0 fully saturated rings. The minimum absolute atomic E-state index is 0.0101. The van der Waals surface area contributed by atoms with E-state index >= 15 is 0 Å². The van der Waals surface area contributed by atoms with E-state index in [-0.39, 0.29) is 29.4 Å². The van der Waals surface area contributed by atoms with Gasteiger partial charge in [0.1, 0.15) is 6.54 Å². The van der Waals surface area contributed by atoms with Crippen LogP contribution in [0.5, 0.6) is 0 Å². The maximum Gasteiger partial charge on any atom is 0.311 e. The summed E-state index contributed by atoms with van der Waals surface area (Å²) in [5.41, 5.74) is -0.0964. The Morgan fingerprint density at radius 2 is 2.19 bits per heavy atom. The van der Waals surface area contributed by atoms with Crippen LogP contribution in [0.15, 0.2) is 22.4 Å². The first kappa shape index (κ1) is 19.2. The van der Waals surface area contributed by atoms with Gasteiger partial charge in [0.25, 0.3) is 11.2 Å². The van der Waals surface area contributed by atoms with Crippen molar-refractivity contribution in [1.82, 2.24) is 9.55 Å². The van der Waals surface area contributed by atoms with Gasteiger partial charge >= 0.3 is 5.97 Å². The van der Waals surface area contributed by atoms with E-state index in [1.54, 1.807) is 12.3 Å². The number of pyridine rings is 1. The molecule has 2 aromatic heterocycles. The normalized spacial score (nSPS) is 10.4. The van der Waals surface area contributed by atoms with Crippen molar-refractivity contribution in [2.75, 3.05) is 11.9 Å². The van der Waals surface area contributed by atoms with Gasteiger partial charge in [-0.05, 0) is 13.8 Å². The molecule has 0 saturated heterocycles. The average molecular weight is 380 g/mol. The van der Waals surface area contributed by atoms with Gasteiger partial charge in [-0.25, -0.2) is 4.98 Å². The highest BCUT2D eigenvalue weighted by molar-refractivity contribution is 7.13. The summed E-state index contributed by atoms with van der Waals surface area (Å²) in [4.78, 5) is 49.8. The molecule has 0 aromatic carbocycles. The van der Waals surface area contributed by atoms with Crippen molar-refractivity contribution in [3.05, 3.63) is 49.4 Å². The number of rotatable bonds is 7. The molecule has 0 saturated carbocycles. The van der Waals surface area contributed by atoms with Crippen molar-refractivity contribution in [2.45, 2.75) is 26.8 Å². The highest BCUT2D eigenvalue weighted by atomic mass is 32.1. The second kappa shape index (κ2) is 8.34. The SMILES string of the molecule is CCOC(=O)Cc1csc(NC(=O)Cn2cc([N+](=O)[O-])c(C)cc2=O)n1. The Morgan fingerprint density at radius 3 is 2.85 bits per heavy atom. The second-order valence-corrected chi connectivity index (χ2v) is 6.10. The lowest BCUT2D eigenvalue weighted by Gasteiger charge is -2.06. The van der Waals surface area contributed by atoms with E-state index in [9.17, 15) is 24.5 Å². The van der Waals surface area contributed by atoms with E-state index in [4.69, 9.17) is 4.74 Å². The zero-order valence-corrected chi connectivity index (χ0v) is 14.9. The van der Waals surface area contributed by atoms with E-state index in [0.29, 0.717) is 5.69 Å². The van der Waals surface area contributed by atoms with Gasteiger partial charge in [-0.1, -0.05) is 0 Å². The van der Waals surface area contributed by atoms with Crippen LogP contribution in [-0.4, -0.2) is 33.0 Å². The predicted octanol–water partition coefficient (Wildman–Crippen LogP) is 1.27. The molecule has 0 aliphatic carbocycles. The molecule has 2 rings (SSSR count). The number of carbonyl (C=O) groups is 2. The number of nitrogens with one attached hydrogen (secondary N) is 1. The lowest BCUT2D eigenvalue weighted by molar-refractivity contribution is -0.385. The number of thiazole rings is 1. The lowest BCUT2D eigenvalue weighted by atomic mass is 10.2. The third-order valence-corrected chi connectivity index (χ3v) is 4.05. The quantitative estimate of drug-likeness (QED) is 0.434. The molecule has 138 valence electrons. The molecule has 1 amide bonds. The lowest BCUT2D eigenvalue weighted by Crippen LogP contribution is -2.27. The molecule has 0 spiro atoms. The highest BCUT2D eigenvalue weighted by Crippen LogP contribution is 2.17. The van der Waals surface area contributed by atoms with Gasteiger partial charge in [0.05, 0.1) is 29.8 Å². The molecule has 26 heavy (non-hydrogen) atoms. The molecule has 2 heterocycles. The van der Waals surface area contributed by atoms with Crippen molar-refractivity contribution in [3.8, 4) is 0 Å². The van der Waals surface area contributed by atoms with Crippen LogP contribution in [0, 0.1) is 17.0 Å². The Balaban J connectivity index is 2.04. The maximum atomic E-state index is 12.1. The third kappa shape index (κ3) is 4.96. The molecule has 0 aliphatic heterocycles. The first-order chi connectivity index (χ1) is 12.3. The van der Waals surface area contributed by atoms with Gasteiger partial charge in [0.2, 0.25) is 5.91 Å². The number of nitro groups is 1. The smallest absolute Gasteiger partial charge is 0.311 e. The first-order valence-corrected chi connectivity index (χ1v) is 8.43. The molecule has 11 heteroatoms. The van der Waals surface area contributed by atoms with Crippen molar-refractivity contribution < 1.29 is 19.2 Å². The van der Waals surface area contributed by atoms with Gasteiger partial charge in [0, 0.05) is 17.0 Å². The summed E-state index contributed by atoms with van der Waals surface area (Å²) in [5, 5.41) is 15.3. The summed E-state index contributed by atoms with van der Waals surface area (Å²) in [5.74, 6) is -0.989. The number of esters is 1. The summed E-state index contributed by atoms with van der Waals surface area (Å²) >= 11 is 1.12. The number of hydrogen-bond acceptors (Lipinski definition) is 8. The standard InChI is InChI=1S/C15H16N4O6S/c1-3-25-14(22)5-10-8-26-15(16-10)17-12(20)7-18-6-11(19(23)24)9(2)4-13(18)21/h4,6,8H,3,5,7H2,1-2H3,(H,16,17,20). The number of ether oxygens (including phenoxy) is 1. The molecular weight excluding hydrogens is 364 g/mol. The fraction of sp³-hybridized carbons (Fsp3) is 0.333. The van der Waals surface area contributed by atoms with Gasteiger partial charge in [-0.2, -0.15) is 0 Å². The summed E-state index contributed by atoms with van der Waals surface area (Å²) < 4.78 is 5.77. The zero-order valence-electron chi connectivity index (χ0n) is 14.1. The Hall–Kier alpha value is -3.08. The number of aryl methyl sites for hydroxylation is 1. The Labute approximate surface area is 151 Å². The van der Waals surface area contributed by atoms with Crippen LogP contribution in [0.1, 0.15) is 18.2 Å². The molecule has 0 unspecified atom stereocenters. The zero-order chi connectivity index (χ0) is 19.3. The molecule has 1 N–H and O–H groups in total. The summed E-state index contributed by atoms with van der Waals surface area (Å²) in [6, 6.07) is 1.10. The van der Waals surface area contributed by atoms with Crippen LogP contribution in [0.3, 0.4) is 0 Å². The molecule has 0 radical (unpaired) electrons. The van der Waals surface area contributed by atoms with Crippen LogP contribution >= 0.6 is 11.3 Å². The Bertz CT molecular complexity index is 904. The summed E-state index contributed by atoms with van der Waals surface area (Å²) in [6.45, 7) is 3.02. The topological polar surface area (TPSA) is 133 Å². The maximum absolute atomic E-state index is 12.1. The molecular formula is C15H16N4O6S. The third-order valence-electron chi connectivity index (χ3n) is 3.24. The number of amides is 1. The van der Waals surface area contributed by atoms with Crippen LogP contribution in [-0.2, 0) is 27.3 Å². The number of nitrogens with zero attached hydrogens (tertiary/aromatic N) is 3. The number of hydrogen-bond donors (Lipinski definition) is 1.